The number of aldehydes is 1. The Balaban J connectivity index is 2.30. The predicted molar refractivity (Wildman–Crippen MR) is 85.5 cm³/mol. The minimum Gasteiger partial charge on any atom is -0.464 e. The van der Waals surface area contributed by atoms with E-state index in [0.29, 0.717) is 18.2 Å². The molecule has 2 aromatic rings. The molecule has 0 saturated carbocycles. The number of pyridine rings is 1. The molecule has 0 spiro atoms. The first kappa shape index (κ1) is 19.1. The SMILES string of the molecule is O=Cc1ccncc1SN(Cc1cc(Cl)cc(C(F)(F)F)c1)C(=O)O. The number of rotatable bonds is 5. The molecule has 1 aromatic carbocycles. The van der Waals surface area contributed by atoms with Gasteiger partial charge in [0.15, 0.2) is 6.29 Å². The van der Waals surface area contributed by atoms with Crippen molar-refractivity contribution in [1.82, 2.24) is 9.29 Å². The van der Waals surface area contributed by atoms with E-state index in [-0.39, 0.29) is 27.6 Å². The van der Waals surface area contributed by atoms with Crippen molar-refractivity contribution in [1.29, 1.82) is 0 Å². The van der Waals surface area contributed by atoms with Crippen LogP contribution in [0.4, 0.5) is 18.0 Å². The second-order valence-electron chi connectivity index (χ2n) is 4.79. The van der Waals surface area contributed by atoms with Gasteiger partial charge in [-0.2, -0.15) is 13.2 Å². The van der Waals surface area contributed by atoms with Crippen molar-refractivity contribution in [3.63, 3.8) is 0 Å². The van der Waals surface area contributed by atoms with Gasteiger partial charge in [-0.25, -0.2) is 9.10 Å². The fraction of sp³-hybridized carbons (Fsp3) is 0.133. The number of amides is 1. The third-order valence-corrected chi connectivity index (χ3v) is 4.24. The molecule has 1 N–H and O–H groups in total. The number of hydrogen-bond donors (Lipinski definition) is 1. The molecule has 1 amide bonds. The Morgan fingerprint density at radius 3 is 2.68 bits per heavy atom. The van der Waals surface area contributed by atoms with E-state index < -0.39 is 17.8 Å². The van der Waals surface area contributed by atoms with E-state index in [1.165, 1.54) is 24.5 Å². The smallest absolute Gasteiger partial charge is 0.418 e. The lowest BCUT2D eigenvalue weighted by atomic mass is 10.1. The molecular formula is C15H10ClF3N2O3S. The third kappa shape index (κ3) is 5.10. The highest BCUT2D eigenvalue weighted by Crippen LogP contribution is 2.33. The molecule has 1 aromatic heterocycles. The van der Waals surface area contributed by atoms with E-state index in [0.717, 1.165) is 16.4 Å². The molecule has 2 rings (SSSR count). The maximum Gasteiger partial charge on any atom is 0.418 e. The first-order valence-electron chi connectivity index (χ1n) is 6.65. The number of alkyl halides is 3. The molecule has 25 heavy (non-hydrogen) atoms. The lowest BCUT2D eigenvalue weighted by molar-refractivity contribution is -0.137. The maximum atomic E-state index is 12.8. The Kier molecular flexibility index (Phi) is 5.91. The normalized spacial score (nSPS) is 11.2. The molecular weight excluding hydrogens is 381 g/mol. The molecule has 0 saturated heterocycles. The van der Waals surface area contributed by atoms with Crippen LogP contribution in [0, 0.1) is 0 Å². The van der Waals surface area contributed by atoms with Crippen molar-refractivity contribution in [3.8, 4) is 0 Å². The maximum absolute atomic E-state index is 12.8. The van der Waals surface area contributed by atoms with Crippen LogP contribution in [-0.2, 0) is 12.7 Å². The lowest BCUT2D eigenvalue weighted by Crippen LogP contribution is -2.22. The topological polar surface area (TPSA) is 70.5 Å². The third-order valence-electron chi connectivity index (χ3n) is 2.98. The van der Waals surface area contributed by atoms with Gasteiger partial charge in [0.1, 0.15) is 0 Å². The summed E-state index contributed by atoms with van der Waals surface area (Å²) in [6.07, 6.45) is -2.80. The molecule has 0 bridgehead atoms. The molecule has 1 heterocycles. The Labute approximate surface area is 149 Å². The van der Waals surface area contributed by atoms with Crippen LogP contribution in [0.5, 0.6) is 0 Å². The minimum absolute atomic E-state index is 0.0614. The van der Waals surface area contributed by atoms with E-state index in [1.54, 1.807) is 0 Å². The summed E-state index contributed by atoms with van der Waals surface area (Å²) in [7, 11) is 0. The van der Waals surface area contributed by atoms with Crippen molar-refractivity contribution < 1.29 is 27.9 Å². The molecule has 10 heteroatoms. The van der Waals surface area contributed by atoms with Gasteiger partial charge in [-0.1, -0.05) is 11.6 Å². The Morgan fingerprint density at radius 2 is 2.08 bits per heavy atom. The quantitative estimate of drug-likeness (QED) is 0.589. The van der Waals surface area contributed by atoms with Gasteiger partial charge in [0.2, 0.25) is 0 Å². The predicted octanol–water partition coefficient (Wildman–Crippen LogP) is 4.75. The number of halogens is 4. The summed E-state index contributed by atoms with van der Waals surface area (Å²) < 4.78 is 39.3. The fourth-order valence-corrected chi connectivity index (χ4v) is 3.01. The van der Waals surface area contributed by atoms with Gasteiger partial charge in [0.05, 0.1) is 17.0 Å². The molecule has 0 aliphatic rings. The number of hydrogen-bond acceptors (Lipinski definition) is 4. The molecule has 0 aliphatic heterocycles. The average Bonchev–Trinajstić information content (AvgIpc) is 2.53. The van der Waals surface area contributed by atoms with E-state index in [2.05, 4.69) is 4.98 Å². The van der Waals surface area contributed by atoms with Gasteiger partial charge in [0.25, 0.3) is 0 Å². The Hall–Kier alpha value is -2.26. The zero-order chi connectivity index (χ0) is 18.6. The molecule has 5 nitrogen and oxygen atoms in total. The Bertz CT molecular complexity index is 802. The van der Waals surface area contributed by atoms with Crippen molar-refractivity contribution in [2.75, 3.05) is 0 Å². The summed E-state index contributed by atoms with van der Waals surface area (Å²) in [5.41, 5.74) is -0.695. The van der Waals surface area contributed by atoms with Gasteiger partial charge in [-0.15, -0.1) is 0 Å². The van der Waals surface area contributed by atoms with Crippen LogP contribution in [0.1, 0.15) is 21.5 Å². The zero-order valence-electron chi connectivity index (χ0n) is 12.3. The fourth-order valence-electron chi connectivity index (χ4n) is 1.89. The molecule has 0 fully saturated rings. The lowest BCUT2D eigenvalue weighted by Gasteiger charge is -2.19. The van der Waals surface area contributed by atoms with Crippen molar-refractivity contribution in [2.24, 2.45) is 0 Å². The molecule has 0 aliphatic carbocycles. The van der Waals surface area contributed by atoms with Crippen molar-refractivity contribution >= 4 is 35.9 Å². The first-order chi connectivity index (χ1) is 11.7. The zero-order valence-corrected chi connectivity index (χ0v) is 13.9. The van der Waals surface area contributed by atoms with Crippen LogP contribution in [0.2, 0.25) is 5.02 Å². The molecule has 0 radical (unpaired) electrons. The molecule has 132 valence electrons. The number of aromatic nitrogens is 1. The van der Waals surface area contributed by atoms with Crippen LogP contribution in [0.15, 0.2) is 41.6 Å². The second-order valence-corrected chi connectivity index (χ2v) is 6.29. The summed E-state index contributed by atoms with van der Waals surface area (Å²) in [6.45, 7) is -0.364. The van der Waals surface area contributed by atoms with Gasteiger partial charge in [-0.3, -0.25) is 9.78 Å². The van der Waals surface area contributed by atoms with Crippen LogP contribution in [-0.4, -0.2) is 26.8 Å². The highest BCUT2D eigenvalue weighted by Gasteiger charge is 2.31. The summed E-state index contributed by atoms with van der Waals surface area (Å²) in [5, 5.41) is 9.14. The number of benzene rings is 1. The summed E-state index contributed by atoms with van der Waals surface area (Å²) in [4.78, 5) is 26.5. The van der Waals surface area contributed by atoms with Crippen LogP contribution >= 0.6 is 23.5 Å². The summed E-state index contributed by atoms with van der Waals surface area (Å²) >= 11 is 6.38. The number of carbonyl (C=O) groups excluding carboxylic acids is 1. The van der Waals surface area contributed by atoms with Crippen molar-refractivity contribution in [2.45, 2.75) is 17.6 Å². The second kappa shape index (κ2) is 7.75. The number of nitrogens with zero attached hydrogens (tertiary/aromatic N) is 2. The first-order valence-corrected chi connectivity index (χ1v) is 7.80. The van der Waals surface area contributed by atoms with E-state index in [9.17, 15) is 27.9 Å². The monoisotopic (exact) mass is 390 g/mol. The average molecular weight is 391 g/mol. The highest BCUT2D eigenvalue weighted by atomic mass is 35.5. The standard InChI is InChI=1S/C15H10ClF3N2O3S/c16-12-4-9(3-11(5-12)15(17,18)19)7-21(14(23)24)25-13-6-20-2-1-10(13)8-22/h1-6,8H,7H2,(H,23,24). The number of carbonyl (C=O) groups is 2. The van der Waals surface area contributed by atoms with Gasteiger partial charge in [0, 0.05) is 23.0 Å². The minimum atomic E-state index is -4.60. The van der Waals surface area contributed by atoms with Crippen LogP contribution < -0.4 is 0 Å². The summed E-state index contributed by atoms with van der Waals surface area (Å²) in [6, 6.07) is 4.23. The van der Waals surface area contributed by atoms with E-state index >= 15 is 0 Å². The van der Waals surface area contributed by atoms with Crippen LogP contribution in [0.3, 0.4) is 0 Å². The van der Waals surface area contributed by atoms with E-state index in [1.807, 2.05) is 0 Å². The Morgan fingerprint density at radius 1 is 1.36 bits per heavy atom. The van der Waals surface area contributed by atoms with Gasteiger partial charge < -0.3 is 5.11 Å². The van der Waals surface area contributed by atoms with Gasteiger partial charge in [-0.05, 0) is 41.8 Å². The van der Waals surface area contributed by atoms with Crippen molar-refractivity contribution in [3.05, 3.63) is 58.4 Å². The highest BCUT2D eigenvalue weighted by molar-refractivity contribution is 7.97. The molecule has 0 unspecified atom stereocenters. The summed E-state index contributed by atoms with van der Waals surface area (Å²) in [5.74, 6) is 0. The van der Waals surface area contributed by atoms with E-state index in [4.69, 9.17) is 11.6 Å². The number of carboxylic acid groups (broad SMARTS) is 1. The van der Waals surface area contributed by atoms with Crippen LogP contribution in [0.25, 0.3) is 0 Å². The van der Waals surface area contributed by atoms with Gasteiger partial charge >= 0.3 is 12.3 Å². The molecule has 0 atom stereocenters. The largest absolute Gasteiger partial charge is 0.464 e.